The molecule has 4 aromatic rings. The van der Waals surface area contributed by atoms with E-state index in [1.165, 1.54) is 48.3 Å². The number of anilines is 2. The summed E-state index contributed by atoms with van der Waals surface area (Å²) >= 11 is 1.45. The highest BCUT2D eigenvalue weighted by atomic mass is 32.2. The number of nitrogens with zero attached hydrogens (tertiary/aromatic N) is 4. The van der Waals surface area contributed by atoms with E-state index >= 15 is 0 Å². The fraction of sp³-hybridized carbons (Fsp3) is 0.125. The number of thioether (sulfide) groups is 1. The van der Waals surface area contributed by atoms with Crippen LogP contribution in [-0.2, 0) is 19.6 Å². The Bertz CT molecular complexity index is 1510. The lowest BCUT2D eigenvalue weighted by atomic mass is 10.2. The molecule has 0 saturated heterocycles. The molecule has 37 heavy (non-hydrogen) atoms. The Kier molecular flexibility index (Phi) is 7.84. The van der Waals surface area contributed by atoms with Crippen molar-refractivity contribution in [3.05, 3.63) is 84.3 Å². The fourth-order valence-electron chi connectivity index (χ4n) is 3.27. The number of aromatic nitrogens is 4. The minimum Gasteiger partial charge on any atom is -0.452 e. The van der Waals surface area contributed by atoms with Crippen LogP contribution in [0.1, 0.15) is 16.2 Å². The van der Waals surface area contributed by atoms with E-state index in [1.54, 1.807) is 36.4 Å². The molecule has 0 spiro atoms. The van der Waals surface area contributed by atoms with Crippen molar-refractivity contribution in [2.75, 3.05) is 22.9 Å². The molecule has 0 atom stereocenters. The Morgan fingerprint density at radius 2 is 1.73 bits per heavy atom. The first-order valence-corrected chi connectivity index (χ1v) is 13.5. The number of nitrogens with one attached hydrogen (secondary N) is 2. The van der Waals surface area contributed by atoms with Crippen molar-refractivity contribution in [3.8, 4) is 5.69 Å². The molecule has 2 N–H and O–H groups in total. The molecule has 4 rings (SSSR count). The SMILES string of the molecule is CSc1nnc(C)n1-c1ccc(C(=O)OCC(=O)Nc2ccc(S(=O)(=O)Nc3ccccn3)cc2)cc1. The number of pyridine rings is 1. The van der Waals surface area contributed by atoms with Gasteiger partial charge in [0.25, 0.3) is 15.9 Å². The molecule has 1 amide bonds. The van der Waals surface area contributed by atoms with Gasteiger partial charge < -0.3 is 10.1 Å². The van der Waals surface area contributed by atoms with Crippen LogP contribution in [0.5, 0.6) is 0 Å². The van der Waals surface area contributed by atoms with Crippen molar-refractivity contribution in [1.29, 1.82) is 0 Å². The number of esters is 1. The Balaban J connectivity index is 1.31. The molecule has 0 saturated carbocycles. The number of carbonyl (C=O) groups is 2. The van der Waals surface area contributed by atoms with Crippen LogP contribution in [-0.4, -0.2) is 52.9 Å². The molecule has 2 heterocycles. The van der Waals surface area contributed by atoms with Crippen LogP contribution in [0.4, 0.5) is 11.5 Å². The smallest absolute Gasteiger partial charge is 0.338 e. The predicted octanol–water partition coefficient (Wildman–Crippen LogP) is 3.29. The number of amides is 1. The van der Waals surface area contributed by atoms with Gasteiger partial charge in [-0.3, -0.25) is 14.1 Å². The third-order valence-electron chi connectivity index (χ3n) is 5.03. The number of ether oxygens (including phenoxy) is 1. The van der Waals surface area contributed by atoms with E-state index in [1.807, 2.05) is 17.7 Å². The number of rotatable bonds is 9. The van der Waals surface area contributed by atoms with Crippen LogP contribution in [0, 0.1) is 6.92 Å². The first kappa shape index (κ1) is 25.9. The molecular weight excluding hydrogens is 516 g/mol. The molecule has 2 aromatic heterocycles. The highest BCUT2D eigenvalue weighted by Crippen LogP contribution is 2.20. The van der Waals surface area contributed by atoms with E-state index in [2.05, 4.69) is 25.2 Å². The molecule has 0 aliphatic heterocycles. The molecule has 2 aromatic carbocycles. The number of carbonyl (C=O) groups excluding carboxylic acids is 2. The van der Waals surface area contributed by atoms with Gasteiger partial charge in [0.2, 0.25) is 0 Å². The van der Waals surface area contributed by atoms with Crippen molar-refractivity contribution < 1.29 is 22.7 Å². The highest BCUT2D eigenvalue weighted by molar-refractivity contribution is 7.98. The summed E-state index contributed by atoms with van der Waals surface area (Å²) in [7, 11) is -3.84. The summed E-state index contributed by atoms with van der Waals surface area (Å²) in [6, 6.07) is 17.1. The quantitative estimate of drug-likeness (QED) is 0.242. The molecule has 0 unspecified atom stereocenters. The van der Waals surface area contributed by atoms with Crippen molar-refractivity contribution in [2.24, 2.45) is 0 Å². The first-order chi connectivity index (χ1) is 17.8. The molecule has 0 fully saturated rings. The number of hydrogen-bond acceptors (Lipinski definition) is 9. The topological polar surface area (TPSA) is 145 Å². The highest BCUT2D eigenvalue weighted by Gasteiger charge is 2.16. The van der Waals surface area contributed by atoms with E-state index in [0.29, 0.717) is 11.5 Å². The maximum atomic E-state index is 12.5. The van der Waals surface area contributed by atoms with Crippen molar-refractivity contribution in [3.63, 3.8) is 0 Å². The zero-order valence-electron chi connectivity index (χ0n) is 19.8. The molecule has 13 heteroatoms. The van der Waals surface area contributed by atoms with Crippen molar-refractivity contribution in [2.45, 2.75) is 17.0 Å². The van der Waals surface area contributed by atoms with Gasteiger partial charge in [-0.15, -0.1) is 10.2 Å². The van der Waals surface area contributed by atoms with E-state index < -0.39 is 28.5 Å². The Morgan fingerprint density at radius 1 is 1.00 bits per heavy atom. The third kappa shape index (κ3) is 6.32. The zero-order chi connectivity index (χ0) is 26.4. The number of hydrogen-bond donors (Lipinski definition) is 2. The van der Waals surface area contributed by atoms with Gasteiger partial charge in [-0.25, -0.2) is 18.2 Å². The summed E-state index contributed by atoms with van der Waals surface area (Å²) in [4.78, 5) is 28.6. The largest absolute Gasteiger partial charge is 0.452 e. The third-order valence-corrected chi connectivity index (χ3v) is 7.03. The zero-order valence-corrected chi connectivity index (χ0v) is 21.4. The van der Waals surface area contributed by atoms with Gasteiger partial charge in [0.15, 0.2) is 11.8 Å². The summed E-state index contributed by atoms with van der Waals surface area (Å²) < 4.78 is 34.3. The summed E-state index contributed by atoms with van der Waals surface area (Å²) in [5, 5.41) is 11.4. The van der Waals surface area contributed by atoms with Crippen molar-refractivity contribution >= 4 is 45.2 Å². The predicted molar refractivity (Wildman–Crippen MR) is 138 cm³/mol. The number of benzene rings is 2. The van der Waals surface area contributed by atoms with Gasteiger partial charge in [0, 0.05) is 17.6 Å². The van der Waals surface area contributed by atoms with E-state index in [0.717, 1.165) is 10.8 Å². The lowest BCUT2D eigenvalue weighted by Gasteiger charge is -2.10. The van der Waals surface area contributed by atoms with Gasteiger partial charge in [0.05, 0.1) is 10.5 Å². The fourth-order valence-corrected chi connectivity index (χ4v) is 4.82. The van der Waals surface area contributed by atoms with E-state index in [4.69, 9.17) is 4.74 Å². The molecule has 0 aliphatic rings. The molecule has 0 radical (unpaired) electrons. The van der Waals surface area contributed by atoms with Crippen LogP contribution in [0.2, 0.25) is 0 Å². The number of sulfonamides is 1. The summed E-state index contributed by atoms with van der Waals surface area (Å²) in [6.45, 7) is 1.32. The van der Waals surface area contributed by atoms with Crippen LogP contribution in [0.25, 0.3) is 5.69 Å². The Labute approximate surface area is 217 Å². The van der Waals surface area contributed by atoms with E-state index in [-0.39, 0.29) is 16.3 Å². The Morgan fingerprint density at radius 3 is 2.38 bits per heavy atom. The molecule has 11 nitrogen and oxygen atoms in total. The summed E-state index contributed by atoms with van der Waals surface area (Å²) in [5.74, 6) is -0.326. The average molecular weight is 539 g/mol. The number of aryl methyl sites for hydroxylation is 1. The molecule has 0 aliphatic carbocycles. The van der Waals surface area contributed by atoms with Gasteiger partial charge >= 0.3 is 5.97 Å². The second kappa shape index (κ2) is 11.2. The molecule has 190 valence electrons. The summed E-state index contributed by atoms with van der Waals surface area (Å²) in [6.07, 6.45) is 3.37. The Hall–Kier alpha value is -4.23. The minimum atomic E-state index is -3.84. The second-order valence-corrected chi connectivity index (χ2v) is 10.0. The molecular formula is C24H22N6O5S2. The van der Waals surface area contributed by atoms with Crippen LogP contribution >= 0.6 is 11.8 Å². The monoisotopic (exact) mass is 538 g/mol. The average Bonchev–Trinajstić information content (AvgIpc) is 3.28. The minimum absolute atomic E-state index is 0.00246. The van der Waals surface area contributed by atoms with Gasteiger partial charge in [-0.2, -0.15) is 0 Å². The standard InChI is InChI=1S/C24H22N6O5S2/c1-16-27-28-24(36-2)30(16)19-10-6-17(7-11-19)23(32)35-15-22(31)26-18-8-12-20(13-9-18)37(33,34)29-21-5-3-4-14-25-21/h3-14H,15H2,1-2H3,(H,25,29)(H,26,31). The lowest BCUT2D eigenvalue weighted by molar-refractivity contribution is -0.119. The van der Waals surface area contributed by atoms with E-state index in [9.17, 15) is 18.0 Å². The van der Waals surface area contributed by atoms with Gasteiger partial charge in [-0.05, 0) is 73.8 Å². The maximum Gasteiger partial charge on any atom is 0.338 e. The van der Waals surface area contributed by atoms with Crippen LogP contribution in [0.15, 0.2) is 83.0 Å². The van der Waals surface area contributed by atoms with Crippen LogP contribution in [0.3, 0.4) is 0 Å². The summed E-state index contributed by atoms with van der Waals surface area (Å²) in [5.41, 5.74) is 1.42. The normalized spacial score (nSPS) is 11.1. The second-order valence-electron chi connectivity index (χ2n) is 7.59. The molecule has 0 bridgehead atoms. The van der Waals surface area contributed by atoms with Crippen molar-refractivity contribution in [1.82, 2.24) is 19.7 Å². The van der Waals surface area contributed by atoms with Gasteiger partial charge in [-0.1, -0.05) is 17.8 Å². The maximum absolute atomic E-state index is 12.5. The lowest BCUT2D eigenvalue weighted by Crippen LogP contribution is -2.21. The van der Waals surface area contributed by atoms with Gasteiger partial charge in [0.1, 0.15) is 11.6 Å². The van der Waals surface area contributed by atoms with Crippen LogP contribution < -0.4 is 10.0 Å². The first-order valence-electron chi connectivity index (χ1n) is 10.8.